The Morgan fingerprint density at radius 3 is 2.41 bits per heavy atom. The minimum atomic E-state index is -0.0836. The Morgan fingerprint density at radius 2 is 1.74 bits per heavy atom. The highest BCUT2D eigenvalue weighted by Crippen LogP contribution is 2.48. The van der Waals surface area contributed by atoms with Crippen LogP contribution >= 0.6 is 11.8 Å². The van der Waals surface area contributed by atoms with Crippen molar-refractivity contribution in [2.75, 3.05) is 25.8 Å². The van der Waals surface area contributed by atoms with Gasteiger partial charge in [0, 0.05) is 40.3 Å². The highest BCUT2D eigenvalue weighted by molar-refractivity contribution is 7.98. The Bertz CT molecular complexity index is 918. The summed E-state index contributed by atoms with van der Waals surface area (Å²) in [6.07, 6.45) is 4.47. The smallest absolute Gasteiger partial charge is 0.162 e. The summed E-state index contributed by atoms with van der Waals surface area (Å²) in [5.41, 5.74) is 5.12. The van der Waals surface area contributed by atoms with Crippen LogP contribution in [-0.4, -0.2) is 26.3 Å². The second-order valence-electron chi connectivity index (χ2n) is 6.79. The van der Waals surface area contributed by atoms with Gasteiger partial charge in [0.05, 0.1) is 14.2 Å². The quantitative estimate of drug-likeness (QED) is 0.756. The van der Waals surface area contributed by atoms with Crippen molar-refractivity contribution in [3.05, 3.63) is 58.8 Å². The van der Waals surface area contributed by atoms with E-state index in [0.29, 0.717) is 17.9 Å². The van der Waals surface area contributed by atoms with E-state index >= 15 is 0 Å². The Kier molecular flexibility index (Phi) is 4.87. The number of anilines is 1. The van der Waals surface area contributed by atoms with Gasteiger partial charge >= 0.3 is 0 Å². The van der Waals surface area contributed by atoms with Crippen LogP contribution in [0.4, 0.5) is 5.69 Å². The zero-order valence-electron chi connectivity index (χ0n) is 15.8. The summed E-state index contributed by atoms with van der Waals surface area (Å²) < 4.78 is 11.0. The van der Waals surface area contributed by atoms with Gasteiger partial charge in [0.1, 0.15) is 0 Å². The second kappa shape index (κ2) is 7.31. The fourth-order valence-electron chi connectivity index (χ4n) is 4.03. The van der Waals surface area contributed by atoms with Crippen molar-refractivity contribution < 1.29 is 14.3 Å². The van der Waals surface area contributed by atoms with Gasteiger partial charge in [-0.25, -0.2) is 0 Å². The molecule has 5 heteroatoms. The number of ether oxygens (including phenoxy) is 2. The van der Waals surface area contributed by atoms with E-state index in [1.54, 1.807) is 26.0 Å². The first-order chi connectivity index (χ1) is 13.2. The maximum Gasteiger partial charge on any atom is 0.162 e. The van der Waals surface area contributed by atoms with Gasteiger partial charge in [0.15, 0.2) is 17.3 Å². The number of fused-ring (bicyclic) bond motifs is 1. The number of Topliss-reactive ketones (excluding diaryl/α,β-unsaturated/α-hetero) is 1. The normalized spacial score (nSPS) is 18.5. The molecule has 0 fully saturated rings. The third kappa shape index (κ3) is 3.10. The number of nitrogens with one attached hydrogen (secondary N) is 1. The molecule has 27 heavy (non-hydrogen) atoms. The van der Waals surface area contributed by atoms with E-state index in [0.717, 1.165) is 40.9 Å². The number of allylic oxidation sites excluding steroid dienone is 2. The van der Waals surface area contributed by atoms with Crippen LogP contribution in [0.5, 0.6) is 11.5 Å². The zero-order chi connectivity index (χ0) is 19.0. The third-order valence-corrected chi connectivity index (χ3v) is 6.09. The number of ketones is 1. The molecule has 140 valence electrons. The maximum absolute atomic E-state index is 12.9. The molecule has 0 amide bonds. The van der Waals surface area contributed by atoms with Crippen LogP contribution in [0.25, 0.3) is 0 Å². The molecule has 0 bridgehead atoms. The summed E-state index contributed by atoms with van der Waals surface area (Å²) in [5, 5.41) is 3.50. The number of thioether (sulfide) groups is 1. The SMILES string of the molecule is COc1cc2c(cc1OC)[C@@H](c1ccc(SC)cc1)C1=C(CCCC1=O)N2. The summed E-state index contributed by atoms with van der Waals surface area (Å²) in [4.78, 5) is 14.1. The standard InChI is InChI=1S/C22H23NO3S/c1-25-19-11-15-17(12-20(19)26-2)23-16-5-4-6-18(24)22(16)21(15)13-7-9-14(27-3)10-8-13/h7-12,21,23H,4-6H2,1-3H3/t21-/m1/s1. The lowest BCUT2D eigenvalue weighted by Gasteiger charge is -2.34. The average molecular weight is 381 g/mol. The third-order valence-electron chi connectivity index (χ3n) is 5.35. The van der Waals surface area contributed by atoms with Gasteiger partial charge in [-0.1, -0.05) is 12.1 Å². The predicted octanol–water partition coefficient (Wildman–Crippen LogP) is 4.99. The molecular formula is C22H23NO3S. The van der Waals surface area contributed by atoms with E-state index < -0.39 is 0 Å². The number of hydrogen-bond acceptors (Lipinski definition) is 5. The number of carbonyl (C=O) groups is 1. The second-order valence-corrected chi connectivity index (χ2v) is 7.67. The first-order valence-corrected chi connectivity index (χ1v) is 10.3. The molecule has 0 radical (unpaired) electrons. The molecular weight excluding hydrogens is 358 g/mol. The molecule has 4 nitrogen and oxygen atoms in total. The lowest BCUT2D eigenvalue weighted by Crippen LogP contribution is -2.27. The topological polar surface area (TPSA) is 47.6 Å². The number of methoxy groups -OCH3 is 2. The largest absolute Gasteiger partial charge is 0.493 e. The molecule has 1 aliphatic heterocycles. The first kappa shape index (κ1) is 18.0. The molecule has 2 aliphatic rings. The summed E-state index contributed by atoms with van der Waals surface area (Å²) in [7, 11) is 3.28. The Labute approximate surface area is 163 Å². The minimum Gasteiger partial charge on any atom is -0.493 e. The van der Waals surface area contributed by atoms with Gasteiger partial charge in [0.2, 0.25) is 0 Å². The lowest BCUT2D eigenvalue weighted by molar-refractivity contribution is -0.116. The van der Waals surface area contributed by atoms with E-state index in [-0.39, 0.29) is 11.7 Å². The fourth-order valence-corrected chi connectivity index (χ4v) is 4.44. The number of hydrogen-bond donors (Lipinski definition) is 1. The Hall–Kier alpha value is -2.40. The Morgan fingerprint density at radius 1 is 1.04 bits per heavy atom. The molecule has 2 aromatic rings. The lowest BCUT2D eigenvalue weighted by atomic mass is 9.75. The molecule has 1 N–H and O–H groups in total. The number of rotatable bonds is 4. The van der Waals surface area contributed by atoms with E-state index in [9.17, 15) is 4.79 Å². The maximum atomic E-state index is 12.9. The monoisotopic (exact) mass is 381 g/mol. The van der Waals surface area contributed by atoms with Crippen molar-refractivity contribution >= 4 is 23.2 Å². The van der Waals surface area contributed by atoms with Gasteiger partial charge in [0.25, 0.3) is 0 Å². The van der Waals surface area contributed by atoms with Crippen molar-refractivity contribution in [1.29, 1.82) is 0 Å². The molecule has 0 saturated carbocycles. The highest BCUT2D eigenvalue weighted by atomic mass is 32.2. The van der Waals surface area contributed by atoms with Gasteiger partial charge in [-0.15, -0.1) is 11.8 Å². The zero-order valence-corrected chi connectivity index (χ0v) is 16.6. The van der Waals surface area contributed by atoms with Crippen LogP contribution in [-0.2, 0) is 4.79 Å². The summed E-state index contributed by atoms with van der Waals surface area (Å²) in [5.74, 6) is 1.52. The molecule has 1 aliphatic carbocycles. The van der Waals surface area contributed by atoms with Crippen molar-refractivity contribution in [2.24, 2.45) is 0 Å². The predicted molar refractivity (Wildman–Crippen MR) is 109 cm³/mol. The van der Waals surface area contributed by atoms with Crippen LogP contribution in [0.2, 0.25) is 0 Å². The van der Waals surface area contributed by atoms with Crippen LogP contribution in [0, 0.1) is 0 Å². The first-order valence-electron chi connectivity index (χ1n) is 9.09. The van der Waals surface area contributed by atoms with E-state index in [1.165, 1.54) is 4.90 Å². The fraction of sp³-hybridized carbons (Fsp3) is 0.318. The summed E-state index contributed by atoms with van der Waals surface area (Å²) >= 11 is 1.72. The van der Waals surface area contributed by atoms with Crippen molar-refractivity contribution in [3.63, 3.8) is 0 Å². The summed E-state index contributed by atoms with van der Waals surface area (Å²) in [6.45, 7) is 0. The summed E-state index contributed by atoms with van der Waals surface area (Å²) in [6, 6.07) is 12.5. The van der Waals surface area contributed by atoms with Crippen molar-refractivity contribution in [3.8, 4) is 11.5 Å². The molecule has 1 heterocycles. The molecule has 4 rings (SSSR count). The average Bonchev–Trinajstić information content (AvgIpc) is 2.71. The van der Waals surface area contributed by atoms with Gasteiger partial charge in [-0.3, -0.25) is 4.79 Å². The van der Waals surface area contributed by atoms with Crippen LogP contribution < -0.4 is 14.8 Å². The molecule has 0 unspecified atom stereocenters. The van der Waals surface area contributed by atoms with Crippen molar-refractivity contribution in [2.45, 2.75) is 30.1 Å². The minimum absolute atomic E-state index is 0.0836. The van der Waals surface area contributed by atoms with E-state index in [2.05, 4.69) is 35.8 Å². The number of benzene rings is 2. The molecule has 0 saturated heterocycles. The van der Waals surface area contributed by atoms with Gasteiger partial charge in [-0.2, -0.15) is 0 Å². The number of carbonyl (C=O) groups excluding carboxylic acids is 1. The molecule has 0 aromatic heterocycles. The van der Waals surface area contributed by atoms with Gasteiger partial charge < -0.3 is 14.8 Å². The van der Waals surface area contributed by atoms with E-state index in [1.807, 2.05) is 12.1 Å². The van der Waals surface area contributed by atoms with Crippen LogP contribution in [0.1, 0.15) is 36.3 Å². The molecule has 2 aromatic carbocycles. The van der Waals surface area contributed by atoms with Crippen LogP contribution in [0.3, 0.4) is 0 Å². The van der Waals surface area contributed by atoms with Crippen LogP contribution in [0.15, 0.2) is 52.6 Å². The Balaban J connectivity index is 1.92. The molecule has 0 spiro atoms. The van der Waals surface area contributed by atoms with Crippen molar-refractivity contribution in [1.82, 2.24) is 0 Å². The van der Waals surface area contributed by atoms with E-state index in [4.69, 9.17) is 9.47 Å². The van der Waals surface area contributed by atoms with Gasteiger partial charge in [-0.05, 0) is 48.4 Å². The highest BCUT2D eigenvalue weighted by Gasteiger charge is 2.35. The molecule has 1 atom stereocenters.